The van der Waals surface area contributed by atoms with Crippen molar-refractivity contribution in [3.05, 3.63) is 139 Å². The molecule has 218 valence electrons. The Bertz CT molecular complexity index is 2700. The molecule has 0 spiro atoms. The van der Waals surface area contributed by atoms with Gasteiger partial charge in [0.2, 0.25) is 0 Å². The molecule has 10 rings (SSSR count). The van der Waals surface area contributed by atoms with E-state index in [1.807, 2.05) is 6.07 Å². The van der Waals surface area contributed by atoms with Crippen molar-refractivity contribution in [3.8, 4) is 39.6 Å². The Morgan fingerprint density at radius 3 is 1.93 bits per heavy atom. The first-order chi connectivity index (χ1) is 22.6. The third kappa shape index (κ3) is 3.45. The predicted molar refractivity (Wildman–Crippen MR) is 188 cm³/mol. The average Bonchev–Trinajstić information content (AvgIpc) is 3.83. The highest BCUT2D eigenvalue weighted by molar-refractivity contribution is 6.14. The number of para-hydroxylation sites is 4. The molecule has 3 heterocycles. The molecule has 5 heteroatoms. The van der Waals surface area contributed by atoms with Gasteiger partial charge in [0.1, 0.15) is 11.6 Å². The quantitative estimate of drug-likeness (QED) is 0.205. The molecular weight excluding hydrogens is 562 g/mol. The summed E-state index contributed by atoms with van der Waals surface area (Å²) in [4.78, 5) is 10.1. The number of imidazole rings is 2. The van der Waals surface area contributed by atoms with E-state index in [4.69, 9.17) is 9.97 Å². The normalized spacial score (nSPS) is 12.5. The third-order valence-corrected chi connectivity index (χ3v) is 9.91. The van der Waals surface area contributed by atoms with E-state index in [1.54, 1.807) is 0 Å². The molecule has 0 bridgehead atoms. The van der Waals surface area contributed by atoms with Crippen LogP contribution in [0.2, 0.25) is 0 Å². The molecular formula is C41H29N5. The lowest BCUT2D eigenvalue weighted by Gasteiger charge is -2.11. The second kappa shape index (κ2) is 9.29. The van der Waals surface area contributed by atoms with Gasteiger partial charge in [-0.2, -0.15) is 0 Å². The Morgan fingerprint density at radius 2 is 1.20 bits per heavy atom. The van der Waals surface area contributed by atoms with Gasteiger partial charge in [0, 0.05) is 41.7 Å². The first-order valence-corrected chi connectivity index (χ1v) is 15.8. The van der Waals surface area contributed by atoms with Crippen LogP contribution in [0.1, 0.15) is 11.1 Å². The number of fused-ring (bicyclic) bond motifs is 9. The number of nitrogens with zero attached hydrogens (tertiary/aromatic N) is 5. The summed E-state index contributed by atoms with van der Waals surface area (Å²) in [6.07, 6.45) is 0.939. The van der Waals surface area contributed by atoms with E-state index in [9.17, 15) is 0 Å². The molecule has 1 aliphatic rings. The van der Waals surface area contributed by atoms with E-state index in [0.717, 1.165) is 57.0 Å². The van der Waals surface area contributed by atoms with Crippen LogP contribution < -0.4 is 0 Å². The van der Waals surface area contributed by atoms with E-state index >= 15 is 0 Å². The Kier molecular flexibility index (Phi) is 5.13. The Balaban J connectivity index is 1.25. The summed E-state index contributed by atoms with van der Waals surface area (Å²) in [5.74, 6) is 1.92. The highest BCUT2D eigenvalue weighted by Crippen LogP contribution is 2.45. The van der Waals surface area contributed by atoms with Gasteiger partial charge in [-0.25, -0.2) is 9.97 Å². The standard InChI is InChI=1S/C41H29N5/c1-44-35-16-7-5-14-33(35)42-40(44)26-11-9-12-28(22-26)46-37-21-20-30-29-13-4-3-10-25(29)23-32(30)39(37)31-19-18-27(24-38(31)46)41-43-34-15-6-8-17-36(34)45(41)2/h3-22,24H,23H2,1-2H3. The zero-order valence-corrected chi connectivity index (χ0v) is 25.6. The fourth-order valence-electron chi connectivity index (χ4n) is 7.75. The summed E-state index contributed by atoms with van der Waals surface area (Å²) in [5.41, 5.74) is 15.4. The van der Waals surface area contributed by atoms with Gasteiger partial charge in [-0.05, 0) is 77.2 Å². The molecule has 46 heavy (non-hydrogen) atoms. The number of rotatable bonds is 3. The minimum atomic E-state index is 0.939. The summed E-state index contributed by atoms with van der Waals surface area (Å²) in [6, 6.07) is 45.8. The van der Waals surface area contributed by atoms with Crippen LogP contribution >= 0.6 is 0 Å². The lowest BCUT2D eigenvalue weighted by atomic mass is 10.0. The molecule has 0 radical (unpaired) electrons. The summed E-state index contributed by atoms with van der Waals surface area (Å²) in [7, 11) is 4.21. The maximum atomic E-state index is 5.06. The van der Waals surface area contributed by atoms with Crippen molar-refractivity contribution in [2.45, 2.75) is 6.42 Å². The molecule has 0 saturated carbocycles. The number of hydrogen-bond donors (Lipinski definition) is 0. The van der Waals surface area contributed by atoms with Crippen LogP contribution in [-0.4, -0.2) is 23.7 Å². The molecule has 0 unspecified atom stereocenters. The molecule has 3 aromatic heterocycles. The van der Waals surface area contributed by atoms with E-state index in [0.29, 0.717) is 0 Å². The van der Waals surface area contributed by atoms with E-state index in [-0.39, 0.29) is 0 Å². The fourth-order valence-corrected chi connectivity index (χ4v) is 7.75. The van der Waals surface area contributed by atoms with Gasteiger partial charge < -0.3 is 13.7 Å². The molecule has 0 atom stereocenters. The van der Waals surface area contributed by atoms with Gasteiger partial charge >= 0.3 is 0 Å². The zero-order valence-electron chi connectivity index (χ0n) is 25.6. The number of aryl methyl sites for hydroxylation is 2. The number of benzene rings is 6. The molecule has 6 aromatic carbocycles. The van der Waals surface area contributed by atoms with Crippen LogP contribution in [0.3, 0.4) is 0 Å². The van der Waals surface area contributed by atoms with Gasteiger partial charge in [-0.15, -0.1) is 0 Å². The summed E-state index contributed by atoms with van der Waals surface area (Å²) in [5, 5.41) is 2.59. The fraction of sp³-hybridized carbons (Fsp3) is 0.0732. The van der Waals surface area contributed by atoms with Crippen molar-refractivity contribution >= 4 is 43.9 Å². The SMILES string of the molecule is Cn1c(-c2cccc(-n3c4cc(-c5nc6ccccc6n5C)ccc4c4c5c(ccc43)-c3ccccc3C5)c2)nc2ccccc21. The zero-order chi connectivity index (χ0) is 30.5. The van der Waals surface area contributed by atoms with Gasteiger partial charge in [0.25, 0.3) is 0 Å². The van der Waals surface area contributed by atoms with Gasteiger partial charge in [-0.1, -0.05) is 78.9 Å². The molecule has 1 aliphatic carbocycles. The van der Waals surface area contributed by atoms with Gasteiger partial charge in [0.15, 0.2) is 0 Å². The second-order valence-electron chi connectivity index (χ2n) is 12.4. The van der Waals surface area contributed by atoms with Crippen LogP contribution in [0, 0.1) is 0 Å². The summed E-state index contributed by atoms with van der Waals surface area (Å²) < 4.78 is 6.82. The molecule has 0 aliphatic heterocycles. The minimum absolute atomic E-state index is 0.939. The van der Waals surface area contributed by atoms with Crippen LogP contribution in [0.15, 0.2) is 127 Å². The maximum absolute atomic E-state index is 5.06. The Hall–Kier alpha value is -5.94. The van der Waals surface area contributed by atoms with Gasteiger partial charge in [-0.3, -0.25) is 0 Å². The topological polar surface area (TPSA) is 40.6 Å². The minimum Gasteiger partial charge on any atom is -0.327 e. The van der Waals surface area contributed by atoms with E-state index < -0.39 is 0 Å². The van der Waals surface area contributed by atoms with Crippen molar-refractivity contribution in [3.63, 3.8) is 0 Å². The van der Waals surface area contributed by atoms with E-state index in [2.05, 4.69) is 149 Å². The predicted octanol–water partition coefficient (Wildman–Crippen LogP) is 9.46. The summed E-state index contributed by atoms with van der Waals surface area (Å²) >= 11 is 0. The molecule has 9 aromatic rings. The maximum Gasteiger partial charge on any atom is 0.140 e. The largest absolute Gasteiger partial charge is 0.327 e. The van der Waals surface area contributed by atoms with Crippen molar-refractivity contribution in [2.75, 3.05) is 0 Å². The monoisotopic (exact) mass is 591 g/mol. The van der Waals surface area contributed by atoms with Crippen LogP contribution in [0.5, 0.6) is 0 Å². The summed E-state index contributed by atoms with van der Waals surface area (Å²) in [6.45, 7) is 0. The van der Waals surface area contributed by atoms with Crippen LogP contribution in [0.4, 0.5) is 0 Å². The molecule has 0 saturated heterocycles. The highest BCUT2D eigenvalue weighted by Gasteiger charge is 2.25. The Labute approximate surface area is 265 Å². The first-order valence-electron chi connectivity index (χ1n) is 15.8. The average molecular weight is 592 g/mol. The molecule has 0 N–H and O–H groups in total. The lowest BCUT2D eigenvalue weighted by molar-refractivity contribution is 0.958. The molecule has 0 fully saturated rings. The van der Waals surface area contributed by atoms with Crippen LogP contribution in [-0.2, 0) is 20.5 Å². The van der Waals surface area contributed by atoms with Crippen molar-refractivity contribution in [1.29, 1.82) is 0 Å². The Morgan fingerprint density at radius 1 is 0.522 bits per heavy atom. The first kappa shape index (κ1) is 25.4. The number of hydrogen-bond acceptors (Lipinski definition) is 2. The van der Waals surface area contributed by atoms with Gasteiger partial charge in [0.05, 0.1) is 33.1 Å². The van der Waals surface area contributed by atoms with Crippen LogP contribution in [0.25, 0.3) is 83.5 Å². The third-order valence-electron chi connectivity index (χ3n) is 9.91. The molecule has 0 amide bonds. The van der Waals surface area contributed by atoms with Crippen molar-refractivity contribution in [2.24, 2.45) is 14.1 Å². The van der Waals surface area contributed by atoms with Crippen molar-refractivity contribution in [1.82, 2.24) is 23.7 Å². The highest BCUT2D eigenvalue weighted by atomic mass is 15.1. The van der Waals surface area contributed by atoms with E-state index in [1.165, 1.54) is 44.1 Å². The smallest absolute Gasteiger partial charge is 0.140 e. The van der Waals surface area contributed by atoms with Crippen molar-refractivity contribution < 1.29 is 0 Å². The lowest BCUT2D eigenvalue weighted by Crippen LogP contribution is -1.98. The molecule has 5 nitrogen and oxygen atoms in total. The second-order valence-corrected chi connectivity index (χ2v) is 12.4. The number of aromatic nitrogens is 5.